The van der Waals surface area contributed by atoms with Crippen LogP contribution in [0.1, 0.15) is 0 Å². The normalized spacial score (nSPS) is 20.2. The molecule has 0 saturated heterocycles. The van der Waals surface area contributed by atoms with Crippen LogP contribution in [0.5, 0.6) is 0 Å². The fourth-order valence-corrected chi connectivity index (χ4v) is 0.995. The molecule has 0 aliphatic heterocycles. The van der Waals surface area contributed by atoms with Crippen molar-refractivity contribution in [2.24, 2.45) is 0 Å². The number of aliphatic carboxylic acids is 2. The minimum absolute atomic E-state index is 0.748. The molecule has 9 nitrogen and oxygen atoms in total. The van der Waals surface area contributed by atoms with Gasteiger partial charge in [-0.3, -0.25) is 4.79 Å². The maximum absolute atomic E-state index is 10.6. The Hall–Kier alpha value is -1.55. The van der Waals surface area contributed by atoms with Crippen molar-refractivity contribution in [3.05, 3.63) is 0 Å². The molecular weight excluding hydrogens is 228 g/mol. The van der Waals surface area contributed by atoms with Crippen molar-refractivity contribution < 1.29 is 45.0 Å². The predicted octanol–water partition coefficient (Wildman–Crippen LogP) is -3.83. The first kappa shape index (κ1) is 14.5. The van der Waals surface area contributed by atoms with Gasteiger partial charge < -0.3 is 30.6 Å². The van der Waals surface area contributed by atoms with Crippen molar-refractivity contribution in [2.75, 3.05) is 6.61 Å². The maximum Gasteiger partial charge on any atom is 0.347 e. The Kier molecular flexibility index (Phi) is 4.09. The Balaban J connectivity index is 5.77. The third kappa shape index (κ3) is 1.76. The standard InChI is InChI=1S/C7H10O9/c8-1-3(10)7(16,5(13)14)6(15,2-9)4(11)12/h2-3,8,10,15-16H,1H2,(H,11,12)(H,13,14)/t3-,6-,7-/m1/s1. The van der Waals surface area contributed by atoms with Crippen molar-refractivity contribution >= 4 is 18.2 Å². The molecule has 0 aromatic rings. The van der Waals surface area contributed by atoms with E-state index in [0.717, 1.165) is 0 Å². The Morgan fingerprint density at radius 2 is 1.62 bits per heavy atom. The molecule has 92 valence electrons. The Labute approximate surface area is 88.2 Å². The summed E-state index contributed by atoms with van der Waals surface area (Å²) < 4.78 is 0. The van der Waals surface area contributed by atoms with E-state index in [1.165, 1.54) is 0 Å². The molecule has 0 saturated carbocycles. The van der Waals surface area contributed by atoms with Gasteiger partial charge in [0.1, 0.15) is 6.10 Å². The van der Waals surface area contributed by atoms with Crippen molar-refractivity contribution in [3.63, 3.8) is 0 Å². The Morgan fingerprint density at radius 3 is 1.81 bits per heavy atom. The highest BCUT2D eigenvalue weighted by molar-refractivity contribution is 6.04. The summed E-state index contributed by atoms with van der Waals surface area (Å²) in [6.07, 6.45) is -3.31. The zero-order valence-electron chi connectivity index (χ0n) is 7.77. The number of carbonyl (C=O) groups is 3. The lowest BCUT2D eigenvalue weighted by Gasteiger charge is -2.35. The van der Waals surface area contributed by atoms with E-state index in [0.29, 0.717) is 0 Å². The van der Waals surface area contributed by atoms with Crippen LogP contribution < -0.4 is 0 Å². The summed E-state index contributed by atoms with van der Waals surface area (Å²) in [6.45, 7) is -1.37. The lowest BCUT2D eigenvalue weighted by molar-refractivity contribution is -0.224. The predicted molar refractivity (Wildman–Crippen MR) is 44.3 cm³/mol. The summed E-state index contributed by atoms with van der Waals surface area (Å²) in [5, 5.41) is 53.1. The monoisotopic (exact) mass is 238 g/mol. The van der Waals surface area contributed by atoms with Crippen molar-refractivity contribution in [2.45, 2.75) is 17.3 Å². The quantitative estimate of drug-likeness (QED) is 0.200. The average molecular weight is 238 g/mol. The van der Waals surface area contributed by atoms with Gasteiger partial charge in [0.15, 0.2) is 6.29 Å². The van der Waals surface area contributed by atoms with Gasteiger partial charge in [-0.2, -0.15) is 0 Å². The molecule has 0 aliphatic rings. The minimum Gasteiger partial charge on any atom is -0.479 e. The van der Waals surface area contributed by atoms with Crippen LogP contribution in [0.2, 0.25) is 0 Å². The van der Waals surface area contributed by atoms with Crippen molar-refractivity contribution in [3.8, 4) is 0 Å². The first-order chi connectivity index (χ1) is 7.18. The van der Waals surface area contributed by atoms with Gasteiger partial charge in [-0.15, -0.1) is 0 Å². The molecule has 0 fully saturated rings. The van der Waals surface area contributed by atoms with Gasteiger partial charge in [-0.05, 0) is 0 Å². The molecule has 6 N–H and O–H groups in total. The summed E-state index contributed by atoms with van der Waals surface area (Å²) >= 11 is 0. The number of rotatable bonds is 6. The maximum atomic E-state index is 10.6. The number of hydrogen-bond acceptors (Lipinski definition) is 7. The summed E-state index contributed by atoms with van der Waals surface area (Å²) in [4.78, 5) is 31.5. The van der Waals surface area contributed by atoms with Crippen LogP contribution in [0, 0.1) is 0 Å². The SMILES string of the molecule is O=C[C@@](O)(C(=O)O)[C@](O)(C(=O)O)[C@H](O)CO. The second-order valence-corrected chi connectivity index (χ2v) is 2.96. The lowest BCUT2D eigenvalue weighted by atomic mass is 9.79. The summed E-state index contributed by atoms with van der Waals surface area (Å²) in [6, 6.07) is 0. The third-order valence-corrected chi connectivity index (χ3v) is 2.06. The van der Waals surface area contributed by atoms with Crippen molar-refractivity contribution in [1.29, 1.82) is 0 Å². The molecule has 16 heavy (non-hydrogen) atoms. The van der Waals surface area contributed by atoms with E-state index >= 15 is 0 Å². The number of hydrogen-bond donors (Lipinski definition) is 6. The van der Waals surface area contributed by atoms with Crippen LogP contribution in [-0.2, 0) is 14.4 Å². The summed E-state index contributed by atoms with van der Waals surface area (Å²) in [7, 11) is 0. The molecule has 0 unspecified atom stereocenters. The Morgan fingerprint density at radius 1 is 1.19 bits per heavy atom. The number of aldehydes is 1. The molecule has 0 radical (unpaired) electrons. The molecule has 3 atom stereocenters. The second kappa shape index (κ2) is 4.53. The van der Waals surface area contributed by atoms with Gasteiger partial charge in [0.25, 0.3) is 5.60 Å². The second-order valence-electron chi connectivity index (χ2n) is 2.96. The summed E-state index contributed by atoms with van der Waals surface area (Å²) in [5.74, 6) is -4.74. The van der Waals surface area contributed by atoms with E-state index in [4.69, 9.17) is 20.4 Å². The highest BCUT2D eigenvalue weighted by Gasteiger charge is 2.65. The first-order valence-corrected chi connectivity index (χ1v) is 3.85. The minimum atomic E-state index is -3.78. The van der Waals surface area contributed by atoms with E-state index in [2.05, 4.69) is 0 Å². The molecular formula is C7H10O9. The van der Waals surface area contributed by atoms with Crippen LogP contribution in [-0.4, -0.2) is 72.8 Å². The molecule has 0 aliphatic carbocycles. The Bertz CT molecular complexity index is 313. The largest absolute Gasteiger partial charge is 0.479 e. The van der Waals surface area contributed by atoms with Gasteiger partial charge >= 0.3 is 11.9 Å². The van der Waals surface area contributed by atoms with Crippen LogP contribution in [0.15, 0.2) is 0 Å². The zero-order valence-corrected chi connectivity index (χ0v) is 7.77. The first-order valence-electron chi connectivity index (χ1n) is 3.85. The molecule has 0 aromatic carbocycles. The molecule has 0 amide bonds. The van der Waals surface area contributed by atoms with Gasteiger partial charge in [-0.1, -0.05) is 0 Å². The smallest absolute Gasteiger partial charge is 0.347 e. The average Bonchev–Trinajstić information content (AvgIpc) is 2.24. The molecule has 0 heterocycles. The van der Waals surface area contributed by atoms with Crippen LogP contribution in [0.4, 0.5) is 0 Å². The molecule has 0 rings (SSSR count). The fraction of sp³-hybridized carbons (Fsp3) is 0.571. The lowest BCUT2D eigenvalue weighted by Crippen LogP contribution is -2.71. The highest BCUT2D eigenvalue weighted by atomic mass is 16.5. The topological polar surface area (TPSA) is 173 Å². The van der Waals surface area contributed by atoms with Gasteiger partial charge in [0.05, 0.1) is 6.61 Å². The number of aliphatic hydroxyl groups is 4. The van der Waals surface area contributed by atoms with E-state index < -0.39 is 42.1 Å². The third-order valence-electron chi connectivity index (χ3n) is 2.06. The van der Waals surface area contributed by atoms with Gasteiger partial charge in [0, 0.05) is 0 Å². The van der Waals surface area contributed by atoms with Crippen LogP contribution in [0.3, 0.4) is 0 Å². The summed E-state index contributed by atoms with van der Waals surface area (Å²) in [5.41, 5.74) is -7.53. The zero-order chi connectivity index (χ0) is 13.1. The number of carbonyl (C=O) groups excluding carboxylic acids is 1. The number of carboxylic acids is 2. The number of aliphatic hydroxyl groups excluding tert-OH is 2. The fourth-order valence-electron chi connectivity index (χ4n) is 0.995. The van der Waals surface area contributed by atoms with E-state index in [-0.39, 0.29) is 0 Å². The molecule has 0 spiro atoms. The van der Waals surface area contributed by atoms with E-state index in [1.807, 2.05) is 0 Å². The molecule has 9 heteroatoms. The molecule has 0 aromatic heterocycles. The van der Waals surface area contributed by atoms with Crippen molar-refractivity contribution in [1.82, 2.24) is 0 Å². The van der Waals surface area contributed by atoms with Gasteiger partial charge in [-0.25, -0.2) is 9.59 Å². The van der Waals surface area contributed by atoms with Gasteiger partial charge in [0.2, 0.25) is 5.60 Å². The molecule has 0 bridgehead atoms. The van der Waals surface area contributed by atoms with E-state index in [1.54, 1.807) is 0 Å². The van der Waals surface area contributed by atoms with Crippen LogP contribution >= 0.6 is 0 Å². The highest BCUT2D eigenvalue weighted by Crippen LogP contribution is 2.26. The van der Waals surface area contributed by atoms with E-state index in [9.17, 15) is 24.6 Å². The van der Waals surface area contributed by atoms with Crippen LogP contribution in [0.25, 0.3) is 0 Å². The number of carboxylic acid groups (broad SMARTS) is 2.